The molecule has 0 radical (unpaired) electrons. The number of carbonyl (C=O) groups is 1. The van der Waals surface area contributed by atoms with E-state index in [9.17, 15) is 18.0 Å². The van der Waals surface area contributed by atoms with E-state index in [1.165, 1.54) is 31.2 Å². The number of hydrogen-bond donors (Lipinski definition) is 1. The van der Waals surface area contributed by atoms with Gasteiger partial charge < -0.3 is 19.3 Å². The quantitative estimate of drug-likeness (QED) is 0.361. The third kappa shape index (κ3) is 5.25. The summed E-state index contributed by atoms with van der Waals surface area (Å²) in [5.74, 6) is 0.527. The molecule has 2 aromatic carbocycles. The molecule has 10 nitrogen and oxygen atoms in total. The number of fused-ring (bicyclic) bond motifs is 1. The molecule has 0 bridgehead atoms. The van der Waals surface area contributed by atoms with Gasteiger partial charge in [0.05, 0.1) is 34.2 Å². The average molecular weight is 512 g/mol. The Morgan fingerprint density at radius 3 is 2.58 bits per heavy atom. The standard InChI is InChI=1S/C25H25N3O7S/c1-4-33-21-9-7-6-8-19(21)25(30)27-20-14-18(36(31,32)5-2)10-11-22(20)34-15-17-13-24(29)28-23(26-17)12-16(3)35-28/h6-14H,4-5,15H2,1-3H3,(H,27,30). The Bertz CT molecular complexity index is 1590. The number of sulfone groups is 1. The molecule has 4 rings (SSSR count). The summed E-state index contributed by atoms with van der Waals surface area (Å²) in [6.07, 6.45) is 0. The molecule has 0 unspecified atom stereocenters. The molecule has 0 saturated heterocycles. The average Bonchev–Trinajstić information content (AvgIpc) is 3.24. The summed E-state index contributed by atoms with van der Waals surface area (Å²) in [5, 5.41) is 2.73. The van der Waals surface area contributed by atoms with E-state index in [2.05, 4.69) is 10.3 Å². The van der Waals surface area contributed by atoms with Gasteiger partial charge in [-0.15, -0.1) is 4.57 Å². The van der Waals surface area contributed by atoms with Crippen molar-refractivity contribution in [2.75, 3.05) is 17.7 Å². The second kappa shape index (κ2) is 10.2. The first kappa shape index (κ1) is 25.0. The van der Waals surface area contributed by atoms with Crippen molar-refractivity contribution in [1.82, 2.24) is 9.56 Å². The number of ether oxygens (including phenoxy) is 2. The van der Waals surface area contributed by atoms with Crippen LogP contribution in [0.25, 0.3) is 5.65 Å². The molecule has 188 valence electrons. The molecule has 0 atom stereocenters. The summed E-state index contributed by atoms with van der Waals surface area (Å²) in [5.41, 5.74) is 0.702. The van der Waals surface area contributed by atoms with Crippen LogP contribution in [0.3, 0.4) is 0 Å². The van der Waals surface area contributed by atoms with Gasteiger partial charge in [0, 0.05) is 12.1 Å². The topological polar surface area (TPSA) is 129 Å². The van der Waals surface area contributed by atoms with Crippen molar-refractivity contribution >= 4 is 27.1 Å². The molecule has 0 aliphatic carbocycles. The number of nitrogens with zero attached hydrogens (tertiary/aromatic N) is 2. The Kier molecular flexibility index (Phi) is 7.11. The predicted octanol–water partition coefficient (Wildman–Crippen LogP) is 3.62. The minimum atomic E-state index is -3.55. The Hall–Kier alpha value is -4.12. The molecule has 1 N–H and O–H groups in total. The van der Waals surface area contributed by atoms with Crippen LogP contribution in [0.5, 0.6) is 11.5 Å². The molecule has 1 amide bonds. The van der Waals surface area contributed by atoms with Crippen LogP contribution in [0.15, 0.2) is 68.8 Å². The minimum absolute atomic E-state index is 0.0393. The van der Waals surface area contributed by atoms with Gasteiger partial charge in [-0.2, -0.15) is 0 Å². The third-order valence-corrected chi connectivity index (χ3v) is 7.00. The third-order valence-electron chi connectivity index (χ3n) is 5.27. The summed E-state index contributed by atoms with van der Waals surface area (Å²) < 4.78 is 42.7. The van der Waals surface area contributed by atoms with Crippen LogP contribution in [-0.2, 0) is 16.4 Å². The molecule has 36 heavy (non-hydrogen) atoms. The van der Waals surface area contributed by atoms with Crippen LogP contribution in [0.2, 0.25) is 0 Å². The summed E-state index contributed by atoms with van der Waals surface area (Å²) in [7, 11) is -3.55. The van der Waals surface area contributed by atoms with Crippen LogP contribution in [0.4, 0.5) is 5.69 Å². The van der Waals surface area contributed by atoms with Crippen molar-refractivity contribution in [3.63, 3.8) is 0 Å². The lowest BCUT2D eigenvalue weighted by molar-refractivity contribution is 0.102. The zero-order valence-corrected chi connectivity index (χ0v) is 20.8. The number of benzene rings is 2. The highest BCUT2D eigenvalue weighted by molar-refractivity contribution is 7.91. The molecular weight excluding hydrogens is 486 g/mol. The van der Waals surface area contributed by atoms with E-state index in [-0.39, 0.29) is 34.3 Å². The largest absolute Gasteiger partial charge is 0.493 e. The lowest BCUT2D eigenvalue weighted by atomic mass is 10.1. The Labute approximate surface area is 207 Å². The molecule has 0 saturated carbocycles. The highest BCUT2D eigenvalue weighted by atomic mass is 32.2. The van der Waals surface area contributed by atoms with Crippen molar-refractivity contribution < 1.29 is 27.2 Å². The van der Waals surface area contributed by atoms with Crippen LogP contribution in [0, 0.1) is 6.92 Å². The number of rotatable bonds is 9. The zero-order chi connectivity index (χ0) is 25.9. The summed E-state index contributed by atoms with van der Waals surface area (Å²) in [6, 6.07) is 13.8. The van der Waals surface area contributed by atoms with E-state index in [1.54, 1.807) is 37.3 Å². The van der Waals surface area contributed by atoms with E-state index < -0.39 is 21.3 Å². The van der Waals surface area contributed by atoms with Crippen molar-refractivity contribution in [2.24, 2.45) is 0 Å². The number of carbonyl (C=O) groups excluding carboxylic acids is 1. The van der Waals surface area contributed by atoms with Crippen molar-refractivity contribution in [1.29, 1.82) is 0 Å². The molecule has 0 aliphatic rings. The molecule has 0 fully saturated rings. The zero-order valence-electron chi connectivity index (χ0n) is 20.0. The smallest absolute Gasteiger partial charge is 0.287 e. The van der Waals surface area contributed by atoms with Gasteiger partial charge in [0.2, 0.25) is 0 Å². The van der Waals surface area contributed by atoms with Crippen molar-refractivity contribution in [3.8, 4) is 11.5 Å². The second-order valence-corrected chi connectivity index (χ2v) is 10.1. The van der Waals surface area contributed by atoms with Crippen LogP contribution in [0.1, 0.15) is 35.7 Å². The number of nitrogens with one attached hydrogen (secondary N) is 1. The van der Waals surface area contributed by atoms with Gasteiger partial charge in [0.25, 0.3) is 11.5 Å². The highest BCUT2D eigenvalue weighted by Crippen LogP contribution is 2.30. The molecule has 0 aliphatic heterocycles. The Balaban J connectivity index is 1.66. The molecule has 2 aromatic heterocycles. The normalized spacial score (nSPS) is 11.4. The van der Waals surface area contributed by atoms with Gasteiger partial charge in [0.15, 0.2) is 15.5 Å². The SMILES string of the molecule is CCOc1ccccc1C(=O)Nc1cc(S(=O)(=O)CC)ccc1OCc1cc(=O)n2oc(C)cc2n1. The van der Waals surface area contributed by atoms with Crippen LogP contribution < -0.4 is 20.3 Å². The molecular formula is C25H25N3O7S. The van der Waals surface area contributed by atoms with Gasteiger partial charge in [-0.25, -0.2) is 13.4 Å². The van der Waals surface area contributed by atoms with E-state index in [1.807, 2.05) is 6.92 Å². The van der Waals surface area contributed by atoms with Gasteiger partial charge in [-0.05, 0) is 44.2 Å². The molecule has 0 spiro atoms. The maximum Gasteiger partial charge on any atom is 0.287 e. The Morgan fingerprint density at radius 2 is 1.83 bits per heavy atom. The maximum absolute atomic E-state index is 13.1. The number of amides is 1. The van der Waals surface area contributed by atoms with Gasteiger partial charge in [0.1, 0.15) is 23.9 Å². The lowest BCUT2D eigenvalue weighted by Gasteiger charge is -2.15. The first-order valence-corrected chi connectivity index (χ1v) is 12.9. The first-order chi connectivity index (χ1) is 17.2. The van der Waals surface area contributed by atoms with Gasteiger partial charge >= 0.3 is 0 Å². The number of aromatic nitrogens is 2. The van der Waals surface area contributed by atoms with Crippen molar-refractivity contribution in [2.45, 2.75) is 32.3 Å². The van der Waals surface area contributed by atoms with Crippen molar-refractivity contribution in [3.05, 3.63) is 82.0 Å². The molecule has 11 heteroatoms. The van der Waals surface area contributed by atoms with E-state index >= 15 is 0 Å². The number of para-hydroxylation sites is 1. The summed E-state index contributed by atoms with van der Waals surface area (Å²) in [4.78, 5) is 29.8. The first-order valence-electron chi connectivity index (χ1n) is 11.2. The minimum Gasteiger partial charge on any atom is -0.493 e. The van der Waals surface area contributed by atoms with Gasteiger partial charge in [-0.3, -0.25) is 9.59 Å². The fourth-order valence-electron chi connectivity index (χ4n) is 3.52. The Morgan fingerprint density at radius 1 is 1.06 bits per heavy atom. The summed E-state index contributed by atoms with van der Waals surface area (Å²) >= 11 is 0. The number of aryl methyl sites for hydroxylation is 1. The number of anilines is 1. The van der Waals surface area contributed by atoms with Crippen LogP contribution >= 0.6 is 0 Å². The fourth-order valence-corrected chi connectivity index (χ4v) is 4.42. The second-order valence-electron chi connectivity index (χ2n) is 7.82. The lowest BCUT2D eigenvalue weighted by Crippen LogP contribution is -2.16. The summed E-state index contributed by atoms with van der Waals surface area (Å²) in [6.45, 7) is 5.31. The van der Waals surface area contributed by atoms with E-state index in [0.717, 1.165) is 4.57 Å². The fraction of sp³-hybridized carbons (Fsp3) is 0.240. The highest BCUT2D eigenvalue weighted by Gasteiger charge is 2.19. The molecule has 2 heterocycles. The predicted molar refractivity (Wildman–Crippen MR) is 133 cm³/mol. The number of hydrogen-bond acceptors (Lipinski definition) is 8. The molecule has 4 aromatic rings. The van der Waals surface area contributed by atoms with E-state index in [4.69, 9.17) is 14.0 Å². The van der Waals surface area contributed by atoms with Crippen LogP contribution in [-0.4, -0.2) is 36.2 Å². The van der Waals surface area contributed by atoms with Gasteiger partial charge in [-0.1, -0.05) is 19.1 Å². The maximum atomic E-state index is 13.1. The monoisotopic (exact) mass is 511 g/mol. The van der Waals surface area contributed by atoms with E-state index in [0.29, 0.717) is 29.5 Å².